The molecule has 0 aromatic heterocycles. The molecule has 1 aromatic rings. The third-order valence-electron chi connectivity index (χ3n) is 2.14. The lowest BCUT2D eigenvalue weighted by Gasteiger charge is -2.12. The fourth-order valence-corrected chi connectivity index (χ4v) is 1.37. The highest BCUT2D eigenvalue weighted by Crippen LogP contribution is 2.17. The van der Waals surface area contributed by atoms with Crippen LogP contribution in [-0.2, 0) is 9.59 Å². The van der Waals surface area contributed by atoms with E-state index in [2.05, 4.69) is 5.32 Å². The van der Waals surface area contributed by atoms with Crippen molar-refractivity contribution < 1.29 is 28.2 Å². The largest absolute Gasteiger partial charge is 0.481 e. The van der Waals surface area contributed by atoms with E-state index in [1.54, 1.807) is 0 Å². The number of carbonyl (C=O) groups excluding carboxylic acids is 1. The van der Waals surface area contributed by atoms with Crippen molar-refractivity contribution in [2.45, 2.75) is 19.4 Å². The second-order valence-electron chi connectivity index (χ2n) is 3.93. The molecular weight excluding hydrogens is 260 g/mol. The molecule has 7 heteroatoms. The van der Waals surface area contributed by atoms with Crippen LogP contribution in [0.2, 0.25) is 0 Å². The van der Waals surface area contributed by atoms with E-state index >= 15 is 0 Å². The second-order valence-corrected chi connectivity index (χ2v) is 3.93. The molecule has 0 fully saturated rings. The minimum Gasteiger partial charge on any atom is -0.481 e. The van der Waals surface area contributed by atoms with Gasteiger partial charge in [-0.25, -0.2) is 8.78 Å². The van der Waals surface area contributed by atoms with Gasteiger partial charge in [0.15, 0.2) is 18.2 Å². The molecule has 0 saturated carbocycles. The van der Waals surface area contributed by atoms with E-state index in [0.29, 0.717) is 6.07 Å². The second kappa shape index (κ2) is 6.67. The van der Waals surface area contributed by atoms with Crippen LogP contribution in [-0.4, -0.2) is 29.6 Å². The number of carbonyl (C=O) groups is 2. The smallest absolute Gasteiger partial charge is 0.305 e. The van der Waals surface area contributed by atoms with Crippen molar-refractivity contribution in [3.8, 4) is 5.75 Å². The number of carboxylic acid groups (broad SMARTS) is 1. The molecule has 0 heterocycles. The van der Waals surface area contributed by atoms with Crippen LogP contribution in [0.5, 0.6) is 5.75 Å². The number of amides is 1. The summed E-state index contributed by atoms with van der Waals surface area (Å²) < 4.78 is 30.6. The van der Waals surface area contributed by atoms with Crippen molar-refractivity contribution in [1.82, 2.24) is 5.32 Å². The maximum absolute atomic E-state index is 13.2. The molecule has 0 saturated heterocycles. The molecule has 2 N–H and O–H groups in total. The van der Waals surface area contributed by atoms with Crippen molar-refractivity contribution in [3.05, 3.63) is 29.8 Å². The van der Waals surface area contributed by atoms with Crippen molar-refractivity contribution in [1.29, 1.82) is 0 Å². The number of hydrogen-bond acceptors (Lipinski definition) is 3. The standard InChI is InChI=1S/C12H13F2NO4/c1-7(4-12(17)18)15-11(16)6-19-10-3-2-8(13)5-9(10)14/h2-3,5,7H,4,6H2,1H3,(H,15,16)(H,17,18). The highest BCUT2D eigenvalue weighted by atomic mass is 19.1. The Kier molecular flexibility index (Phi) is 5.23. The lowest BCUT2D eigenvalue weighted by atomic mass is 10.2. The van der Waals surface area contributed by atoms with Gasteiger partial charge in [-0.15, -0.1) is 0 Å². The van der Waals surface area contributed by atoms with Crippen LogP contribution >= 0.6 is 0 Å². The van der Waals surface area contributed by atoms with E-state index in [1.807, 2.05) is 0 Å². The predicted molar refractivity (Wildman–Crippen MR) is 61.7 cm³/mol. The van der Waals surface area contributed by atoms with Crippen LogP contribution in [0.4, 0.5) is 8.78 Å². The summed E-state index contributed by atoms with van der Waals surface area (Å²) in [6, 6.07) is 2.15. The number of hydrogen-bond donors (Lipinski definition) is 2. The maximum Gasteiger partial charge on any atom is 0.305 e. The molecule has 1 unspecified atom stereocenters. The van der Waals surface area contributed by atoms with Gasteiger partial charge in [0, 0.05) is 12.1 Å². The van der Waals surface area contributed by atoms with Gasteiger partial charge in [0.1, 0.15) is 5.82 Å². The average molecular weight is 273 g/mol. The molecule has 0 spiro atoms. The number of benzene rings is 1. The van der Waals surface area contributed by atoms with Gasteiger partial charge in [-0.1, -0.05) is 0 Å². The molecule has 19 heavy (non-hydrogen) atoms. The number of carboxylic acids is 1. The van der Waals surface area contributed by atoms with Crippen LogP contribution in [0.3, 0.4) is 0 Å². The lowest BCUT2D eigenvalue weighted by molar-refractivity contribution is -0.137. The van der Waals surface area contributed by atoms with Crippen LogP contribution < -0.4 is 10.1 Å². The number of halogens is 2. The molecule has 0 aliphatic carbocycles. The van der Waals surface area contributed by atoms with Gasteiger partial charge in [-0.3, -0.25) is 9.59 Å². The highest BCUT2D eigenvalue weighted by molar-refractivity contribution is 5.78. The molecule has 0 aliphatic rings. The summed E-state index contributed by atoms with van der Waals surface area (Å²) in [7, 11) is 0. The third-order valence-corrected chi connectivity index (χ3v) is 2.14. The van der Waals surface area contributed by atoms with Crippen molar-refractivity contribution in [2.24, 2.45) is 0 Å². The van der Waals surface area contributed by atoms with Gasteiger partial charge in [-0.05, 0) is 19.1 Å². The number of nitrogens with one attached hydrogen (secondary N) is 1. The Balaban J connectivity index is 2.43. The molecule has 1 atom stereocenters. The van der Waals surface area contributed by atoms with Crippen molar-refractivity contribution in [2.75, 3.05) is 6.61 Å². The first-order valence-electron chi connectivity index (χ1n) is 5.47. The Labute approximate surface area is 108 Å². The van der Waals surface area contributed by atoms with Crippen LogP contribution in [0.1, 0.15) is 13.3 Å². The molecular formula is C12H13F2NO4. The van der Waals surface area contributed by atoms with Gasteiger partial charge < -0.3 is 15.2 Å². The summed E-state index contributed by atoms with van der Waals surface area (Å²) in [4.78, 5) is 21.7. The van der Waals surface area contributed by atoms with Gasteiger partial charge in [0.05, 0.1) is 6.42 Å². The van der Waals surface area contributed by atoms with E-state index in [1.165, 1.54) is 6.92 Å². The molecule has 1 aromatic carbocycles. The first-order valence-corrected chi connectivity index (χ1v) is 5.47. The maximum atomic E-state index is 13.2. The molecule has 104 valence electrons. The fourth-order valence-electron chi connectivity index (χ4n) is 1.37. The normalized spacial score (nSPS) is 11.7. The zero-order valence-corrected chi connectivity index (χ0v) is 10.2. The summed E-state index contributed by atoms with van der Waals surface area (Å²) in [6.45, 7) is 1.04. The van der Waals surface area contributed by atoms with Gasteiger partial charge in [0.25, 0.3) is 5.91 Å². The Morgan fingerprint density at radius 3 is 2.68 bits per heavy atom. The SMILES string of the molecule is CC(CC(=O)O)NC(=O)COc1ccc(F)cc1F. The summed E-state index contributed by atoms with van der Waals surface area (Å²) >= 11 is 0. The van der Waals surface area contributed by atoms with Crippen LogP contribution in [0.15, 0.2) is 18.2 Å². The first-order chi connectivity index (χ1) is 8.88. The number of aliphatic carboxylic acids is 1. The zero-order valence-electron chi connectivity index (χ0n) is 10.2. The zero-order chi connectivity index (χ0) is 14.4. The monoisotopic (exact) mass is 273 g/mol. The van der Waals surface area contributed by atoms with E-state index in [-0.39, 0.29) is 12.2 Å². The van der Waals surface area contributed by atoms with E-state index in [4.69, 9.17) is 9.84 Å². The quantitative estimate of drug-likeness (QED) is 0.819. The van der Waals surface area contributed by atoms with Gasteiger partial charge in [0.2, 0.25) is 0 Å². The molecule has 5 nitrogen and oxygen atoms in total. The van der Waals surface area contributed by atoms with Crippen LogP contribution in [0.25, 0.3) is 0 Å². The van der Waals surface area contributed by atoms with Crippen molar-refractivity contribution in [3.63, 3.8) is 0 Å². The van der Waals surface area contributed by atoms with E-state index < -0.39 is 36.2 Å². The molecule has 0 radical (unpaired) electrons. The molecule has 0 aliphatic heterocycles. The summed E-state index contributed by atoms with van der Waals surface area (Å²) in [5.41, 5.74) is 0. The number of rotatable bonds is 6. The first kappa shape index (κ1) is 14.9. The third kappa shape index (κ3) is 5.33. The van der Waals surface area contributed by atoms with E-state index in [9.17, 15) is 18.4 Å². The summed E-state index contributed by atoms with van der Waals surface area (Å²) in [6.07, 6.45) is -0.226. The Hall–Kier alpha value is -2.18. The fraction of sp³-hybridized carbons (Fsp3) is 0.333. The minimum absolute atomic E-state index is 0.226. The average Bonchev–Trinajstić information content (AvgIpc) is 2.26. The molecule has 1 amide bonds. The predicted octanol–water partition coefficient (Wildman–Crippen LogP) is 1.32. The number of ether oxygens (including phenoxy) is 1. The topological polar surface area (TPSA) is 75.6 Å². The Bertz CT molecular complexity index is 479. The summed E-state index contributed by atoms with van der Waals surface area (Å²) in [5.74, 6) is -3.53. The van der Waals surface area contributed by atoms with Crippen molar-refractivity contribution >= 4 is 11.9 Å². The lowest BCUT2D eigenvalue weighted by Crippen LogP contribution is -2.37. The van der Waals surface area contributed by atoms with Crippen LogP contribution in [0, 0.1) is 11.6 Å². The van der Waals surface area contributed by atoms with Gasteiger partial charge in [-0.2, -0.15) is 0 Å². The highest BCUT2D eigenvalue weighted by Gasteiger charge is 2.12. The molecule has 1 rings (SSSR count). The summed E-state index contributed by atoms with van der Waals surface area (Å²) in [5, 5.41) is 10.9. The Morgan fingerprint density at radius 1 is 1.42 bits per heavy atom. The Morgan fingerprint density at radius 2 is 2.11 bits per heavy atom. The van der Waals surface area contributed by atoms with Gasteiger partial charge >= 0.3 is 5.97 Å². The molecule has 0 bridgehead atoms. The van der Waals surface area contributed by atoms with E-state index in [0.717, 1.165) is 12.1 Å². The minimum atomic E-state index is -1.04.